The Morgan fingerprint density at radius 3 is 2.50 bits per heavy atom. The van der Waals surface area contributed by atoms with Crippen LogP contribution in [0, 0.1) is 5.92 Å². The minimum Gasteiger partial charge on any atom is -0.447 e. The predicted molar refractivity (Wildman–Crippen MR) is 45.9 cm³/mol. The Balaban J connectivity index is 3.34. The van der Waals surface area contributed by atoms with Gasteiger partial charge >= 0.3 is 6.09 Å². The fourth-order valence-corrected chi connectivity index (χ4v) is 0.535. The summed E-state index contributed by atoms with van der Waals surface area (Å²) >= 11 is 0. The second-order valence-corrected chi connectivity index (χ2v) is 3.22. The number of aliphatic hydroxyl groups excluding tert-OH is 1. The minimum absolute atomic E-state index is 0.0456. The molecule has 0 bridgehead atoms. The summed E-state index contributed by atoms with van der Waals surface area (Å²) in [5.74, 6) is 0.407. The van der Waals surface area contributed by atoms with Gasteiger partial charge in [0.1, 0.15) is 6.61 Å². The van der Waals surface area contributed by atoms with E-state index in [0.29, 0.717) is 12.5 Å². The molecule has 0 heterocycles. The average molecular weight is 175 g/mol. The summed E-state index contributed by atoms with van der Waals surface area (Å²) in [5, 5.41) is 11.3. The highest BCUT2D eigenvalue weighted by molar-refractivity contribution is 5.67. The van der Waals surface area contributed by atoms with Crippen molar-refractivity contribution < 1.29 is 14.6 Å². The SMILES string of the molecule is CC(C)CNC(=O)OCC(C)O. The Labute approximate surface area is 72.9 Å². The van der Waals surface area contributed by atoms with Gasteiger partial charge in [-0.1, -0.05) is 13.8 Å². The standard InChI is InChI=1S/C8H17NO3/c1-6(2)4-9-8(11)12-5-7(3)10/h6-7,10H,4-5H2,1-3H3,(H,9,11). The van der Waals surface area contributed by atoms with Crippen LogP contribution in [0.1, 0.15) is 20.8 Å². The number of ether oxygens (including phenoxy) is 1. The van der Waals surface area contributed by atoms with Crippen molar-refractivity contribution in [1.29, 1.82) is 0 Å². The van der Waals surface area contributed by atoms with Crippen LogP contribution in [-0.4, -0.2) is 30.5 Å². The molecule has 72 valence electrons. The number of rotatable bonds is 4. The third kappa shape index (κ3) is 7.34. The normalized spacial score (nSPS) is 12.8. The fourth-order valence-electron chi connectivity index (χ4n) is 0.535. The van der Waals surface area contributed by atoms with Crippen molar-refractivity contribution in [2.75, 3.05) is 13.2 Å². The molecule has 0 radical (unpaired) electrons. The van der Waals surface area contributed by atoms with Crippen molar-refractivity contribution in [1.82, 2.24) is 5.32 Å². The number of carbonyl (C=O) groups is 1. The van der Waals surface area contributed by atoms with E-state index in [1.54, 1.807) is 6.92 Å². The highest BCUT2D eigenvalue weighted by Gasteiger charge is 2.03. The van der Waals surface area contributed by atoms with Crippen LogP contribution in [0.5, 0.6) is 0 Å². The Kier molecular flexibility index (Phi) is 5.45. The summed E-state index contributed by atoms with van der Waals surface area (Å²) in [6.45, 7) is 6.20. The average Bonchev–Trinajstić information content (AvgIpc) is 1.96. The van der Waals surface area contributed by atoms with Gasteiger partial charge in [-0.3, -0.25) is 0 Å². The first-order valence-electron chi connectivity index (χ1n) is 4.11. The number of alkyl carbamates (subject to hydrolysis) is 1. The van der Waals surface area contributed by atoms with E-state index in [0.717, 1.165) is 0 Å². The van der Waals surface area contributed by atoms with Crippen LogP contribution in [0.15, 0.2) is 0 Å². The monoisotopic (exact) mass is 175 g/mol. The second-order valence-electron chi connectivity index (χ2n) is 3.22. The molecule has 0 aliphatic carbocycles. The molecule has 0 spiro atoms. The van der Waals surface area contributed by atoms with Gasteiger partial charge in [-0.2, -0.15) is 0 Å². The third-order valence-corrected chi connectivity index (χ3v) is 1.11. The third-order valence-electron chi connectivity index (χ3n) is 1.11. The Hall–Kier alpha value is -0.770. The van der Waals surface area contributed by atoms with E-state index in [1.165, 1.54) is 0 Å². The quantitative estimate of drug-likeness (QED) is 0.662. The zero-order valence-electron chi connectivity index (χ0n) is 7.83. The van der Waals surface area contributed by atoms with Gasteiger partial charge in [0.25, 0.3) is 0 Å². The van der Waals surface area contributed by atoms with Crippen molar-refractivity contribution in [2.24, 2.45) is 5.92 Å². The van der Waals surface area contributed by atoms with E-state index in [4.69, 9.17) is 5.11 Å². The smallest absolute Gasteiger partial charge is 0.407 e. The number of hydrogen-bond donors (Lipinski definition) is 2. The number of nitrogens with one attached hydrogen (secondary N) is 1. The molecule has 0 aromatic rings. The van der Waals surface area contributed by atoms with Crippen LogP contribution in [-0.2, 0) is 4.74 Å². The molecule has 2 N–H and O–H groups in total. The Morgan fingerprint density at radius 1 is 1.50 bits per heavy atom. The van der Waals surface area contributed by atoms with Crippen LogP contribution in [0.4, 0.5) is 4.79 Å². The van der Waals surface area contributed by atoms with Gasteiger partial charge in [0.15, 0.2) is 0 Å². The lowest BCUT2D eigenvalue weighted by Crippen LogP contribution is -2.30. The summed E-state index contributed by atoms with van der Waals surface area (Å²) in [7, 11) is 0. The molecular weight excluding hydrogens is 158 g/mol. The molecule has 0 aromatic carbocycles. The van der Waals surface area contributed by atoms with Crippen LogP contribution in [0.2, 0.25) is 0 Å². The molecule has 1 amide bonds. The lowest BCUT2D eigenvalue weighted by atomic mass is 10.2. The highest BCUT2D eigenvalue weighted by atomic mass is 16.6. The van der Waals surface area contributed by atoms with Crippen LogP contribution in [0.3, 0.4) is 0 Å². The van der Waals surface area contributed by atoms with Crippen molar-refractivity contribution in [3.8, 4) is 0 Å². The fraction of sp³-hybridized carbons (Fsp3) is 0.875. The van der Waals surface area contributed by atoms with Crippen molar-refractivity contribution in [3.05, 3.63) is 0 Å². The number of hydrogen-bond acceptors (Lipinski definition) is 3. The predicted octanol–water partition coefficient (Wildman–Crippen LogP) is 0.749. The zero-order valence-corrected chi connectivity index (χ0v) is 7.83. The van der Waals surface area contributed by atoms with E-state index in [9.17, 15) is 4.79 Å². The summed E-state index contributed by atoms with van der Waals surface area (Å²) in [4.78, 5) is 10.8. The van der Waals surface area contributed by atoms with Gasteiger partial charge in [-0.05, 0) is 12.8 Å². The number of carbonyl (C=O) groups excluding carboxylic acids is 1. The maximum absolute atomic E-state index is 10.8. The Morgan fingerprint density at radius 2 is 2.08 bits per heavy atom. The Bertz CT molecular complexity index is 120. The largest absolute Gasteiger partial charge is 0.447 e. The molecular formula is C8H17NO3. The molecule has 4 nitrogen and oxygen atoms in total. The molecule has 0 saturated heterocycles. The molecule has 1 unspecified atom stereocenters. The minimum atomic E-state index is -0.602. The molecule has 12 heavy (non-hydrogen) atoms. The molecule has 0 rings (SSSR count). The maximum Gasteiger partial charge on any atom is 0.407 e. The lowest BCUT2D eigenvalue weighted by molar-refractivity contribution is 0.0776. The van der Waals surface area contributed by atoms with Crippen LogP contribution >= 0.6 is 0 Å². The first-order chi connectivity index (χ1) is 5.52. The van der Waals surface area contributed by atoms with E-state index >= 15 is 0 Å². The molecule has 4 heteroatoms. The van der Waals surface area contributed by atoms with Gasteiger partial charge in [-0.15, -0.1) is 0 Å². The summed E-state index contributed by atoms with van der Waals surface area (Å²) in [5.41, 5.74) is 0. The molecule has 0 saturated carbocycles. The molecule has 0 fully saturated rings. The molecule has 0 aliphatic rings. The summed E-state index contributed by atoms with van der Waals surface area (Å²) in [6.07, 6.45) is -1.07. The summed E-state index contributed by atoms with van der Waals surface area (Å²) in [6, 6.07) is 0. The van der Waals surface area contributed by atoms with Gasteiger partial charge in [0, 0.05) is 6.54 Å². The lowest BCUT2D eigenvalue weighted by Gasteiger charge is -2.09. The second kappa shape index (κ2) is 5.83. The van der Waals surface area contributed by atoms with E-state index in [1.807, 2.05) is 13.8 Å². The van der Waals surface area contributed by atoms with Gasteiger partial charge in [-0.25, -0.2) is 4.79 Å². The number of aliphatic hydroxyl groups is 1. The van der Waals surface area contributed by atoms with Crippen LogP contribution < -0.4 is 5.32 Å². The first-order valence-corrected chi connectivity index (χ1v) is 4.11. The zero-order chi connectivity index (χ0) is 9.56. The van der Waals surface area contributed by atoms with Crippen molar-refractivity contribution in [3.63, 3.8) is 0 Å². The van der Waals surface area contributed by atoms with Crippen molar-refractivity contribution >= 4 is 6.09 Å². The van der Waals surface area contributed by atoms with Crippen LogP contribution in [0.25, 0.3) is 0 Å². The highest BCUT2D eigenvalue weighted by Crippen LogP contribution is 1.89. The molecule has 0 aliphatic heterocycles. The topological polar surface area (TPSA) is 58.6 Å². The molecule has 1 atom stereocenters. The maximum atomic E-state index is 10.8. The van der Waals surface area contributed by atoms with E-state index < -0.39 is 12.2 Å². The van der Waals surface area contributed by atoms with Gasteiger partial charge < -0.3 is 15.2 Å². The first kappa shape index (κ1) is 11.2. The van der Waals surface area contributed by atoms with Gasteiger partial charge in [0.05, 0.1) is 6.10 Å². The van der Waals surface area contributed by atoms with E-state index in [2.05, 4.69) is 10.1 Å². The van der Waals surface area contributed by atoms with Crippen molar-refractivity contribution in [2.45, 2.75) is 26.9 Å². The van der Waals surface area contributed by atoms with E-state index in [-0.39, 0.29) is 6.61 Å². The van der Waals surface area contributed by atoms with Gasteiger partial charge in [0.2, 0.25) is 0 Å². The summed E-state index contributed by atoms with van der Waals surface area (Å²) < 4.78 is 4.65. The molecule has 0 aromatic heterocycles. The number of amides is 1.